The van der Waals surface area contributed by atoms with E-state index >= 15 is 0 Å². The standard InChI is InChI=1S/C5H9Cl3O/c1-9-3-5(8)4(7)2-6/h4-5H,2-3H2,1H3. The van der Waals surface area contributed by atoms with Crippen molar-refractivity contribution in [3.8, 4) is 0 Å². The van der Waals surface area contributed by atoms with Gasteiger partial charge in [-0.3, -0.25) is 0 Å². The molecule has 0 bridgehead atoms. The Labute approximate surface area is 70.2 Å². The van der Waals surface area contributed by atoms with Gasteiger partial charge in [0.05, 0.1) is 17.4 Å². The lowest BCUT2D eigenvalue weighted by atomic mass is 10.3. The summed E-state index contributed by atoms with van der Waals surface area (Å²) in [5.74, 6) is 0.360. The molecule has 1 nitrogen and oxygen atoms in total. The molecule has 0 aromatic carbocycles. The van der Waals surface area contributed by atoms with Gasteiger partial charge in [0, 0.05) is 13.0 Å². The minimum Gasteiger partial charge on any atom is -0.383 e. The molecule has 0 N–H and O–H groups in total. The van der Waals surface area contributed by atoms with Crippen LogP contribution in [0.1, 0.15) is 0 Å². The fourth-order valence-corrected chi connectivity index (χ4v) is 0.954. The Kier molecular flexibility index (Phi) is 6.12. The highest BCUT2D eigenvalue weighted by molar-refractivity contribution is 6.33. The molecule has 0 saturated carbocycles. The van der Waals surface area contributed by atoms with E-state index in [0.717, 1.165) is 0 Å². The van der Waals surface area contributed by atoms with E-state index in [2.05, 4.69) is 0 Å². The van der Waals surface area contributed by atoms with E-state index in [0.29, 0.717) is 12.5 Å². The van der Waals surface area contributed by atoms with Crippen LogP contribution in [-0.2, 0) is 4.74 Å². The third-order valence-electron chi connectivity index (χ3n) is 0.866. The SMILES string of the molecule is COCC(Cl)C(Cl)CCl. The third-order valence-corrected chi connectivity index (χ3v) is 2.37. The van der Waals surface area contributed by atoms with Crippen molar-refractivity contribution in [3.05, 3.63) is 0 Å². The zero-order valence-corrected chi connectivity index (χ0v) is 7.38. The lowest BCUT2D eigenvalue weighted by Gasteiger charge is -2.10. The monoisotopic (exact) mass is 190 g/mol. The van der Waals surface area contributed by atoms with Crippen molar-refractivity contribution in [2.75, 3.05) is 19.6 Å². The van der Waals surface area contributed by atoms with Crippen LogP contribution in [0.5, 0.6) is 0 Å². The maximum absolute atomic E-state index is 5.69. The Morgan fingerprint density at radius 3 is 2.22 bits per heavy atom. The van der Waals surface area contributed by atoms with Gasteiger partial charge < -0.3 is 4.74 Å². The summed E-state index contributed by atoms with van der Waals surface area (Å²) in [6.07, 6.45) is 0. The van der Waals surface area contributed by atoms with Gasteiger partial charge in [-0.2, -0.15) is 0 Å². The van der Waals surface area contributed by atoms with Crippen LogP contribution in [0.3, 0.4) is 0 Å². The van der Waals surface area contributed by atoms with Crippen molar-refractivity contribution < 1.29 is 4.74 Å². The largest absolute Gasteiger partial charge is 0.383 e. The predicted molar refractivity (Wildman–Crippen MR) is 41.9 cm³/mol. The average molecular weight is 191 g/mol. The number of rotatable bonds is 4. The van der Waals surface area contributed by atoms with Crippen molar-refractivity contribution in [2.45, 2.75) is 10.8 Å². The van der Waals surface area contributed by atoms with Gasteiger partial charge in [0.15, 0.2) is 0 Å². The van der Waals surface area contributed by atoms with Gasteiger partial charge >= 0.3 is 0 Å². The van der Waals surface area contributed by atoms with E-state index in [4.69, 9.17) is 39.5 Å². The molecule has 2 atom stereocenters. The Morgan fingerprint density at radius 2 is 1.89 bits per heavy atom. The second-order valence-electron chi connectivity index (χ2n) is 1.64. The summed E-state index contributed by atoms with van der Waals surface area (Å²) in [5.41, 5.74) is 0. The van der Waals surface area contributed by atoms with Gasteiger partial charge in [-0.1, -0.05) is 0 Å². The molecular weight excluding hydrogens is 182 g/mol. The molecule has 9 heavy (non-hydrogen) atoms. The second kappa shape index (κ2) is 5.60. The van der Waals surface area contributed by atoms with E-state index in [9.17, 15) is 0 Å². The highest BCUT2D eigenvalue weighted by Gasteiger charge is 2.14. The predicted octanol–water partition coefficient (Wildman–Crippen LogP) is 2.09. The lowest BCUT2D eigenvalue weighted by Crippen LogP contribution is -2.21. The Bertz CT molecular complexity index is 69.2. The smallest absolute Gasteiger partial charge is 0.0744 e. The van der Waals surface area contributed by atoms with Crippen molar-refractivity contribution in [2.24, 2.45) is 0 Å². The minimum absolute atomic E-state index is 0.186. The number of methoxy groups -OCH3 is 1. The van der Waals surface area contributed by atoms with Crippen LogP contribution < -0.4 is 0 Å². The average Bonchev–Trinajstić information content (AvgIpc) is 1.87. The summed E-state index contributed by atoms with van der Waals surface area (Å²) < 4.78 is 4.75. The van der Waals surface area contributed by atoms with E-state index in [-0.39, 0.29) is 10.8 Å². The quantitative estimate of drug-likeness (QED) is 0.618. The number of hydrogen-bond acceptors (Lipinski definition) is 1. The minimum atomic E-state index is -0.201. The number of ether oxygens (including phenoxy) is 1. The number of halogens is 3. The molecule has 2 unspecified atom stereocenters. The summed E-state index contributed by atoms with van der Waals surface area (Å²) in [6.45, 7) is 0.447. The first-order valence-corrected chi connectivity index (χ1v) is 3.96. The lowest BCUT2D eigenvalue weighted by molar-refractivity contribution is 0.197. The zero-order chi connectivity index (χ0) is 7.28. The number of alkyl halides is 3. The van der Waals surface area contributed by atoms with Crippen LogP contribution in [0.15, 0.2) is 0 Å². The maximum atomic E-state index is 5.69. The van der Waals surface area contributed by atoms with Gasteiger partial charge in [0.2, 0.25) is 0 Å². The topological polar surface area (TPSA) is 9.23 Å². The first-order chi connectivity index (χ1) is 4.22. The van der Waals surface area contributed by atoms with Gasteiger partial charge in [-0.25, -0.2) is 0 Å². The molecule has 0 heterocycles. The summed E-state index contributed by atoms with van der Waals surface area (Å²) in [4.78, 5) is 0. The molecule has 0 amide bonds. The van der Waals surface area contributed by atoms with Crippen LogP contribution in [-0.4, -0.2) is 30.4 Å². The normalized spacial score (nSPS) is 17.3. The van der Waals surface area contributed by atoms with Gasteiger partial charge in [0.1, 0.15) is 0 Å². The molecule has 0 spiro atoms. The van der Waals surface area contributed by atoms with Crippen molar-refractivity contribution >= 4 is 34.8 Å². The molecule has 0 aliphatic carbocycles. The molecular formula is C5H9Cl3O. The van der Waals surface area contributed by atoms with Crippen LogP contribution >= 0.6 is 34.8 Å². The van der Waals surface area contributed by atoms with Gasteiger partial charge in [-0.05, 0) is 0 Å². The Balaban J connectivity index is 3.32. The van der Waals surface area contributed by atoms with Crippen LogP contribution in [0, 0.1) is 0 Å². The molecule has 0 aromatic rings. The molecule has 0 aliphatic heterocycles. The molecule has 0 aromatic heterocycles. The molecule has 4 heteroatoms. The van der Waals surface area contributed by atoms with E-state index in [1.54, 1.807) is 7.11 Å². The van der Waals surface area contributed by atoms with Crippen LogP contribution in [0.25, 0.3) is 0 Å². The molecule has 0 radical (unpaired) electrons. The number of hydrogen-bond donors (Lipinski definition) is 0. The van der Waals surface area contributed by atoms with Gasteiger partial charge in [-0.15, -0.1) is 34.8 Å². The van der Waals surface area contributed by atoms with E-state index in [1.165, 1.54) is 0 Å². The van der Waals surface area contributed by atoms with Crippen molar-refractivity contribution in [1.82, 2.24) is 0 Å². The molecule has 0 saturated heterocycles. The van der Waals surface area contributed by atoms with Crippen LogP contribution in [0.4, 0.5) is 0 Å². The molecule has 0 fully saturated rings. The summed E-state index contributed by atoms with van der Waals surface area (Å²) in [6, 6.07) is 0. The maximum Gasteiger partial charge on any atom is 0.0744 e. The Hall–Kier alpha value is 0.830. The summed E-state index contributed by atoms with van der Waals surface area (Å²) in [7, 11) is 1.58. The zero-order valence-electron chi connectivity index (χ0n) is 5.11. The van der Waals surface area contributed by atoms with Crippen LogP contribution in [0.2, 0.25) is 0 Å². The summed E-state index contributed by atoms with van der Waals surface area (Å²) in [5, 5.41) is -0.387. The third kappa shape index (κ3) is 4.26. The van der Waals surface area contributed by atoms with Crippen molar-refractivity contribution in [3.63, 3.8) is 0 Å². The highest BCUT2D eigenvalue weighted by Crippen LogP contribution is 2.11. The van der Waals surface area contributed by atoms with Gasteiger partial charge in [0.25, 0.3) is 0 Å². The van der Waals surface area contributed by atoms with E-state index in [1.807, 2.05) is 0 Å². The highest BCUT2D eigenvalue weighted by atomic mass is 35.5. The second-order valence-corrected chi connectivity index (χ2v) is 3.07. The first-order valence-electron chi connectivity index (χ1n) is 2.55. The van der Waals surface area contributed by atoms with Crippen molar-refractivity contribution in [1.29, 1.82) is 0 Å². The summed E-state index contributed by atoms with van der Waals surface area (Å²) >= 11 is 16.8. The molecule has 56 valence electrons. The Morgan fingerprint density at radius 1 is 1.33 bits per heavy atom. The molecule has 0 aliphatic rings. The fraction of sp³-hybridized carbons (Fsp3) is 1.00. The first kappa shape index (κ1) is 9.83. The van der Waals surface area contributed by atoms with E-state index < -0.39 is 0 Å². The fourth-order valence-electron chi connectivity index (χ4n) is 0.360. The molecule has 0 rings (SSSR count).